The van der Waals surface area contributed by atoms with Crippen molar-refractivity contribution >= 4 is 51.7 Å². The van der Waals surface area contributed by atoms with Crippen LogP contribution in [-0.4, -0.2) is 44.1 Å². The van der Waals surface area contributed by atoms with Crippen molar-refractivity contribution in [2.45, 2.75) is 19.8 Å². The van der Waals surface area contributed by atoms with Gasteiger partial charge in [0, 0.05) is 25.8 Å². The smallest absolute Gasteiger partial charge is 0.267 e. The molecule has 2 saturated heterocycles. The van der Waals surface area contributed by atoms with E-state index < -0.39 is 0 Å². The highest BCUT2D eigenvalue weighted by molar-refractivity contribution is 8.26. The minimum atomic E-state index is -0.167. The standard InChI is InChI=1S/C18H18N4O2S2/c1-2-21-17(24)13(26-18(21)25)11-12-15(20-8-5-6-9-20)19-14-7-3-4-10-22(14)16(12)23/h3-4,7,10-11H,2,5-6,8-9H2,1H3. The molecule has 2 aliphatic heterocycles. The molecule has 2 fully saturated rings. The van der Waals surface area contributed by atoms with E-state index in [1.807, 2.05) is 19.1 Å². The first-order chi connectivity index (χ1) is 12.6. The van der Waals surface area contributed by atoms with E-state index in [0.29, 0.717) is 32.8 Å². The Bertz CT molecular complexity index is 992. The molecule has 0 radical (unpaired) electrons. The summed E-state index contributed by atoms with van der Waals surface area (Å²) in [5, 5.41) is 0. The van der Waals surface area contributed by atoms with Gasteiger partial charge in [0.1, 0.15) is 15.8 Å². The van der Waals surface area contributed by atoms with Gasteiger partial charge >= 0.3 is 0 Å². The number of pyridine rings is 1. The maximum absolute atomic E-state index is 13.1. The Morgan fingerprint density at radius 1 is 1.27 bits per heavy atom. The van der Waals surface area contributed by atoms with Crippen molar-refractivity contribution in [2.24, 2.45) is 0 Å². The molecule has 4 heterocycles. The number of aromatic nitrogens is 2. The fourth-order valence-corrected chi connectivity index (χ4v) is 4.66. The number of rotatable bonds is 3. The van der Waals surface area contributed by atoms with Crippen molar-refractivity contribution < 1.29 is 4.79 Å². The number of hydrogen-bond acceptors (Lipinski definition) is 6. The van der Waals surface area contributed by atoms with Crippen LogP contribution in [0.4, 0.5) is 5.82 Å². The number of nitrogens with zero attached hydrogens (tertiary/aromatic N) is 4. The number of carbonyl (C=O) groups is 1. The van der Waals surface area contributed by atoms with Crippen LogP contribution in [0, 0.1) is 0 Å². The van der Waals surface area contributed by atoms with Crippen molar-refractivity contribution in [1.29, 1.82) is 0 Å². The summed E-state index contributed by atoms with van der Waals surface area (Å²) in [6.07, 6.45) is 5.52. The molecule has 0 aromatic carbocycles. The van der Waals surface area contributed by atoms with Gasteiger partial charge < -0.3 is 4.90 Å². The number of hydrogen-bond donors (Lipinski definition) is 0. The molecule has 4 rings (SSSR count). The maximum Gasteiger partial charge on any atom is 0.267 e. The third-order valence-corrected chi connectivity index (χ3v) is 6.00. The predicted molar refractivity (Wildman–Crippen MR) is 108 cm³/mol. The van der Waals surface area contributed by atoms with E-state index in [4.69, 9.17) is 17.2 Å². The molecule has 0 atom stereocenters. The van der Waals surface area contributed by atoms with Crippen LogP contribution in [-0.2, 0) is 4.79 Å². The number of anilines is 1. The third-order valence-electron chi connectivity index (χ3n) is 4.62. The van der Waals surface area contributed by atoms with Gasteiger partial charge in [-0.15, -0.1) is 0 Å². The molecule has 0 aliphatic carbocycles. The lowest BCUT2D eigenvalue weighted by atomic mass is 10.2. The lowest BCUT2D eigenvalue weighted by Gasteiger charge is -2.19. The topological polar surface area (TPSA) is 57.9 Å². The lowest BCUT2D eigenvalue weighted by Crippen LogP contribution is -2.28. The van der Waals surface area contributed by atoms with Crippen molar-refractivity contribution in [3.05, 3.63) is 45.2 Å². The van der Waals surface area contributed by atoms with E-state index in [0.717, 1.165) is 25.9 Å². The number of thioether (sulfide) groups is 1. The van der Waals surface area contributed by atoms with Crippen LogP contribution in [0.15, 0.2) is 34.1 Å². The van der Waals surface area contributed by atoms with Crippen molar-refractivity contribution in [1.82, 2.24) is 14.3 Å². The molecular formula is C18H18N4O2S2. The van der Waals surface area contributed by atoms with Gasteiger partial charge in [-0.1, -0.05) is 30.0 Å². The molecule has 0 spiro atoms. The Hall–Kier alpha value is -2.19. The molecule has 1 amide bonds. The summed E-state index contributed by atoms with van der Waals surface area (Å²) < 4.78 is 2.05. The van der Waals surface area contributed by atoms with Crippen molar-refractivity contribution in [3.8, 4) is 0 Å². The largest absolute Gasteiger partial charge is 0.356 e. The number of amides is 1. The van der Waals surface area contributed by atoms with Crippen LogP contribution in [0.5, 0.6) is 0 Å². The molecule has 0 saturated carbocycles. The summed E-state index contributed by atoms with van der Waals surface area (Å²) >= 11 is 6.52. The SMILES string of the molecule is CCN1C(=O)C(=Cc2c(N3CCCC3)nc3ccccn3c2=O)SC1=S. The number of thiocarbonyl (C=S) groups is 1. The van der Waals surface area contributed by atoms with Crippen LogP contribution >= 0.6 is 24.0 Å². The lowest BCUT2D eigenvalue weighted by molar-refractivity contribution is -0.121. The van der Waals surface area contributed by atoms with Gasteiger partial charge in [-0.2, -0.15) is 0 Å². The molecule has 0 bridgehead atoms. The Morgan fingerprint density at radius 2 is 2.04 bits per heavy atom. The van der Waals surface area contributed by atoms with E-state index in [1.54, 1.807) is 23.2 Å². The van der Waals surface area contributed by atoms with Crippen molar-refractivity contribution in [3.63, 3.8) is 0 Å². The van der Waals surface area contributed by atoms with Gasteiger partial charge in [0.05, 0.1) is 10.5 Å². The van der Waals surface area contributed by atoms with Crippen LogP contribution in [0.3, 0.4) is 0 Å². The van der Waals surface area contributed by atoms with Gasteiger partial charge in [0.25, 0.3) is 11.5 Å². The number of fused-ring (bicyclic) bond motifs is 1. The monoisotopic (exact) mass is 386 g/mol. The highest BCUT2D eigenvalue weighted by atomic mass is 32.2. The zero-order valence-electron chi connectivity index (χ0n) is 14.3. The minimum absolute atomic E-state index is 0.146. The summed E-state index contributed by atoms with van der Waals surface area (Å²) in [5.74, 6) is 0.507. The highest BCUT2D eigenvalue weighted by Gasteiger charge is 2.32. The van der Waals surface area contributed by atoms with Gasteiger partial charge in [-0.25, -0.2) is 4.98 Å². The molecule has 0 unspecified atom stereocenters. The van der Waals surface area contributed by atoms with Gasteiger partial charge in [-0.05, 0) is 38.0 Å². The second-order valence-electron chi connectivity index (χ2n) is 6.20. The molecule has 26 heavy (non-hydrogen) atoms. The van der Waals surface area contributed by atoms with Gasteiger partial charge in [-0.3, -0.25) is 18.9 Å². The molecule has 0 N–H and O–H groups in total. The van der Waals surface area contributed by atoms with Gasteiger partial charge in [0.15, 0.2) is 0 Å². The quantitative estimate of drug-likeness (QED) is 0.597. The molecule has 2 aromatic rings. The highest BCUT2D eigenvalue weighted by Crippen LogP contribution is 2.33. The van der Waals surface area contributed by atoms with Crippen LogP contribution in [0.1, 0.15) is 25.3 Å². The van der Waals surface area contributed by atoms with Gasteiger partial charge in [0.2, 0.25) is 0 Å². The first-order valence-corrected chi connectivity index (χ1v) is 9.84. The Kier molecular flexibility index (Phi) is 4.54. The average molecular weight is 387 g/mol. The summed E-state index contributed by atoms with van der Waals surface area (Å²) in [6, 6.07) is 5.48. The Morgan fingerprint density at radius 3 is 2.73 bits per heavy atom. The summed E-state index contributed by atoms with van der Waals surface area (Å²) in [4.78, 5) is 34.6. The van der Waals surface area contributed by atoms with E-state index >= 15 is 0 Å². The second-order valence-corrected chi connectivity index (χ2v) is 7.88. The second kappa shape index (κ2) is 6.85. The Labute approximate surface area is 160 Å². The predicted octanol–water partition coefficient (Wildman–Crippen LogP) is 2.52. The third kappa shape index (κ3) is 2.83. The van der Waals surface area contributed by atoms with E-state index in [9.17, 15) is 9.59 Å². The zero-order chi connectivity index (χ0) is 18.3. The fraction of sp³-hybridized carbons (Fsp3) is 0.333. The fourth-order valence-electron chi connectivity index (χ4n) is 3.29. The average Bonchev–Trinajstić information content (AvgIpc) is 3.26. The van der Waals surface area contributed by atoms with E-state index in [1.165, 1.54) is 16.2 Å². The Balaban J connectivity index is 1.90. The minimum Gasteiger partial charge on any atom is -0.356 e. The summed E-state index contributed by atoms with van der Waals surface area (Å²) in [7, 11) is 0. The number of carbonyl (C=O) groups excluding carboxylic acids is 1. The normalized spacial score (nSPS) is 19.3. The van der Waals surface area contributed by atoms with E-state index in [2.05, 4.69) is 4.90 Å². The molecule has 2 aliphatic rings. The number of likely N-dealkylation sites (N-methyl/N-ethyl adjacent to an activating group) is 1. The molecule has 134 valence electrons. The van der Waals surface area contributed by atoms with Crippen molar-refractivity contribution in [2.75, 3.05) is 24.5 Å². The van der Waals surface area contributed by atoms with Crippen LogP contribution in [0.2, 0.25) is 0 Å². The van der Waals surface area contributed by atoms with Crippen LogP contribution in [0.25, 0.3) is 11.7 Å². The molecule has 8 heteroatoms. The molecule has 2 aromatic heterocycles. The first kappa shape index (κ1) is 17.2. The summed E-state index contributed by atoms with van der Waals surface area (Å²) in [6.45, 7) is 4.14. The van der Waals surface area contributed by atoms with Crippen LogP contribution < -0.4 is 10.5 Å². The molecular weight excluding hydrogens is 368 g/mol. The zero-order valence-corrected chi connectivity index (χ0v) is 16.0. The molecule has 6 nitrogen and oxygen atoms in total. The first-order valence-electron chi connectivity index (χ1n) is 8.62. The maximum atomic E-state index is 13.1. The van der Waals surface area contributed by atoms with E-state index in [-0.39, 0.29) is 11.5 Å². The summed E-state index contributed by atoms with van der Waals surface area (Å²) in [5.41, 5.74) is 0.893.